The smallest absolute Gasteiger partial charge is 0.296 e. The van der Waals surface area contributed by atoms with Crippen LogP contribution in [-0.4, -0.2) is 18.0 Å². The highest BCUT2D eigenvalue weighted by Crippen LogP contribution is 2.32. The van der Waals surface area contributed by atoms with Crippen LogP contribution in [0, 0.1) is 5.92 Å². The summed E-state index contributed by atoms with van der Waals surface area (Å²) in [5.41, 5.74) is 0.380. The molecule has 100 valence electrons. The van der Waals surface area contributed by atoms with Crippen LogP contribution in [0.3, 0.4) is 0 Å². The third-order valence-corrected chi connectivity index (χ3v) is 3.72. The minimum atomic E-state index is -4.25. The van der Waals surface area contributed by atoms with E-state index in [1.165, 1.54) is 18.6 Å². The van der Waals surface area contributed by atoms with Crippen LogP contribution in [0.25, 0.3) is 0 Å². The van der Waals surface area contributed by atoms with E-state index in [0.29, 0.717) is 5.92 Å². The molecule has 0 aromatic heterocycles. The lowest BCUT2D eigenvalue weighted by molar-refractivity contribution is -0.137. The van der Waals surface area contributed by atoms with Gasteiger partial charge in [0.05, 0.1) is 5.56 Å². The van der Waals surface area contributed by atoms with Gasteiger partial charge in [-0.05, 0) is 43.5 Å². The van der Waals surface area contributed by atoms with Gasteiger partial charge in [-0.25, -0.2) is 0 Å². The van der Waals surface area contributed by atoms with Gasteiger partial charge in [-0.1, -0.05) is 19.1 Å². The van der Waals surface area contributed by atoms with Crippen LogP contribution < -0.4 is 0 Å². The maximum Gasteiger partial charge on any atom is 0.416 e. The maximum atomic E-state index is 12.5. The minimum Gasteiger partial charge on any atom is -0.296 e. The van der Waals surface area contributed by atoms with Gasteiger partial charge in [0.2, 0.25) is 0 Å². The fraction of sp³-hybridized carbons (Fsp3) is 0.571. The summed E-state index contributed by atoms with van der Waals surface area (Å²) in [7, 11) is 0. The van der Waals surface area contributed by atoms with Crippen molar-refractivity contribution >= 4 is 0 Å². The third-order valence-electron chi connectivity index (χ3n) is 3.72. The Hall–Kier alpha value is -1.03. The number of likely N-dealkylation sites (tertiary alicyclic amines) is 1. The van der Waals surface area contributed by atoms with Gasteiger partial charge in [-0.2, -0.15) is 13.2 Å². The Bertz CT molecular complexity index is 396. The molecule has 4 heteroatoms. The van der Waals surface area contributed by atoms with Crippen molar-refractivity contribution in [3.8, 4) is 0 Å². The Morgan fingerprint density at radius 2 is 1.83 bits per heavy atom. The molecular weight excluding hydrogens is 239 g/mol. The highest BCUT2D eigenvalue weighted by atomic mass is 19.4. The van der Waals surface area contributed by atoms with Crippen LogP contribution in [0.5, 0.6) is 0 Å². The number of nitrogens with zero attached hydrogens (tertiary/aromatic N) is 1. The second-order valence-corrected chi connectivity index (χ2v) is 5.18. The molecule has 0 amide bonds. The van der Waals surface area contributed by atoms with E-state index < -0.39 is 11.7 Å². The number of hydrogen-bond acceptors (Lipinski definition) is 1. The van der Waals surface area contributed by atoms with Crippen molar-refractivity contribution in [3.63, 3.8) is 0 Å². The SMILES string of the molecule is CC1CCN(C(C)c2ccc(C(F)(F)F)cc2)C1. The molecule has 0 spiro atoms. The molecule has 1 aliphatic rings. The molecule has 0 radical (unpaired) electrons. The molecule has 18 heavy (non-hydrogen) atoms. The first kappa shape index (κ1) is 13.4. The minimum absolute atomic E-state index is 0.192. The number of rotatable bonds is 2. The van der Waals surface area contributed by atoms with Gasteiger partial charge in [-0.3, -0.25) is 4.90 Å². The number of halogens is 3. The standard InChI is InChI=1S/C14H18F3N/c1-10-7-8-18(9-10)11(2)12-3-5-13(6-4-12)14(15,16)17/h3-6,10-11H,7-9H2,1-2H3. The van der Waals surface area contributed by atoms with Crippen LogP contribution in [0.1, 0.15) is 37.4 Å². The van der Waals surface area contributed by atoms with Crippen molar-refractivity contribution in [2.24, 2.45) is 5.92 Å². The predicted molar refractivity (Wildman–Crippen MR) is 65.2 cm³/mol. The molecule has 1 saturated heterocycles. The predicted octanol–water partition coefficient (Wildman–Crippen LogP) is 4.11. The lowest BCUT2D eigenvalue weighted by atomic mass is 10.0. The van der Waals surface area contributed by atoms with E-state index in [1.807, 2.05) is 0 Å². The zero-order chi connectivity index (χ0) is 13.3. The zero-order valence-corrected chi connectivity index (χ0v) is 10.7. The highest BCUT2D eigenvalue weighted by molar-refractivity contribution is 5.26. The average Bonchev–Trinajstić information content (AvgIpc) is 2.74. The molecule has 1 heterocycles. The normalized spacial score (nSPS) is 23.3. The van der Waals surface area contributed by atoms with E-state index >= 15 is 0 Å². The van der Waals surface area contributed by atoms with Crippen LogP contribution in [0.15, 0.2) is 24.3 Å². The Morgan fingerprint density at radius 1 is 1.22 bits per heavy atom. The Labute approximate surface area is 106 Å². The molecule has 1 aliphatic heterocycles. The summed E-state index contributed by atoms with van der Waals surface area (Å²) in [6, 6.07) is 5.72. The Balaban J connectivity index is 2.10. The molecule has 0 aliphatic carbocycles. The summed E-state index contributed by atoms with van der Waals surface area (Å²) in [5, 5.41) is 0. The summed E-state index contributed by atoms with van der Waals surface area (Å²) in [6.45, 7) is 6.33. The van der Waals surface area contributed by atoms with E-state index in [4.69, 9.17) is 0 Å². The van der Waals surface area contributed by atoms with Crippen LogP contribution in [0.2, 0.25) is 0 Å². The molecule has 2 unspecified atom stereocenters. The number of hydrogen-bond donors (Lipinski definition) is 0. The van der Waals surface area contributed by atoms with E-state index in [1.54, 1.807) is 12.1 Å². The van der Waals surface area contributed by atoms with E-state index in [9.17, 15) is 13.2 Å². The van der Waals surface area contributed by atoms with E-state index in [-0.39, 0.29) is 6.04 Å². The monoisotopic (exact) mass is 257 g/mol. The van der Waals surface area contributed by atoms with E-state index in [2.05, 4.69) is 18.7 Å². The Morgan fingerprint density at radius 3 is 2.28 bits per heavy atom. The van der Waals surface area contributed by atoms with Gasteiger partial charge in [0.15, 0.2) is 0 Å². The van der Waals surface area contributed by atoms with Crippen LogP contribution in [-0.2, 0) is 6.18 Å². The third kappa shape index (κ3) is 2.86. The summed E-state index contributed by atoms with van der Waals surface area (Å²) < 4.78 is 37.4. The fourth-order valence-electron chi connectivity index (χ4n) is 2.48. The van der Waals surface area contributed by atoms with Crippen molar-refractivity contribution in [2.45, 2.75) is 32.5 Å². The van der Waals surface area contributed by atoms with Gasteiger partial charge in [0.25, 0.3) is 0 Å². The summed E-state index contributed by atoms with van der Waals surface area (Å²) in [5.74, 6) is 0.682. The maximum absolute atomic E-state index is 12.5. The second-order valence-electron chi connectivity index (χ2n) is 5.18. The summed E-state index contributed by atoms with van der Waals surface area (Å²) >= 11 is 0. The average molecular weight is 257 g/mol. The molecule has 0 bridgehead atoms. The van der Waals surface area contributed by atoms with Crippen molar-refractivity contribution < 1.29 is 13.2 Å². The lowest BCUT2D eigenvalue weighted by Gasteiger charge is -2.24. The summed E-state index contributed by atoms with van der Waals surface area (Å²) in [4.78, 5) is 2.33. The molecule has 2 atom stereocenters. The molecule has 1 fully saturated rings. The highest BCUT2D eigenvalue weighted by Gasteiger charge is 2.30. The molecule has 1 nitrogen and oxygen atoms in total. The van der Waals surface area contributed by atoms with Gasteiger partial charge in [0.1, 0.15) is 0 Å². The van der Waals surface area contributed by atoms with Gasteiger partial charge in [-0.15, -0.1) is 0 Å². The topological polar surface area (TPSA) is 3.24 Å². The number of benzene rings is 1. The first-order valence-electron chi connectivity index (χ1n) is 6.29. The van der Waals surface area contributed by atoms with Gasteiger partial charge >= 0.3 is 6.18 Å². The van der Waals surface area contributed by atoms with Crippen molar-refractivity contribution in [1.29, 1.82) is 0 Å². The quantitative estimate of drug-likeness (QED) is 0.770. The van der Waals surface area contributed by atoms with Gasteiger partial charge in [0, 0.05) is 12.6 Å². The van der Waals surface area contributed by atoms with E-state index in [0.717, 1.165) is 18.7 Å². The second kappa shape index (κ2) is 4.92. The van der Waals surface area contributed by atoms with Gasteiger partial charge < -0.3 is 0 Å². The molecular formula is C14H18F3N. The molecule has 1 aromatic rings. The number of alkyl halides is 3. The van der Waals surface area contributed by atoms with Crippen molar-refractivity contribution in [2.75, 3.05) is 13.1 Å². The lowest BCUT2D eigenvalue weighted by Crippen LogP contribution is -2.24. The van der Waals surface area contributed by atoms with Crippen LogP contribution >= 0.6 is 0 Å². The molecule has 2 rings (SSSR count). The molecule has 1 aromatic carbocycles. The first-order chi connectivity index (χ1) is 8.38. The molecule has 0 saturated carbocycles. The Kier molecular flexibility index (Phi) is 3.66. The molecule has 0 N–H and O–H groups in total. The van der Waals surface area contributed by atoms with Crippen molar-refractivity contribution in [3.05, 3.63) is 35.4 Å². The van der Waals surface area contributed by atoms with Crippen LogP contribution in [0.4, 0.5) is 13.2 Å². The first-order valence-corrected chi connectivity index (χ1v) is 6.29. The summed E-state index contributed by atoms with van der Waals surface area (Å²) in [6.07, 6.45) is -3.07. The fourth-order valence-corrected chi connectivity index (χ4v) is 2.48. The van der Waals surface area contributed by atoms with Crippen molar-refractivity contribution in [1.82, 2.24) is 4.90 Å². The largest absolute Gasteiger partial charge is 0.416 e. The zero-order valence-electron chi connectivity index (χ0n) is 10.7.